The first-order valence-electron chi connectivity index (χ1n) is 6.77. The molecule has 3 rings (SSSR count). The summed E-state index contributed by atoms with van der Waals surface area (Å²) in [5.41, 5.74) is 2.71. The van der Waals surface area contributed by atoms with E-state index in [2.05, 4.69) is 10.1 Å². The van der Waals surface area contributed by atoms with Crippen LogP contribution < -0.4 is 0 Å². The van der Waals surface area contributed by atoms with E-state index in [1.165, 1.54) is 6.07 Å². The van der Waals surface area contributed by atoms with Crippen molar-refractivity contribution in [1.29, 1.82) is 0 Å². The lowest BCUT2D eigenvalue weighted by Gasteiger charge is -1.98. The number of aromatic carboxylic acids is 1. The number of H-pyrrole nitrogens is 1. The van der Waals surface area contributed by atoms with Gasteiger partial charge in [-0.2, -0.15) is 5.10 Å². The summed E-state index contributed by atoms with van der Waals surface area (Å²) in [6, 6.07) is 13.0. The predicted octanol–water partition coefficient (Wildman–Crippen LogP) is 3.59. The first-order chi connectivity index (χ1) is 10.2. The maximum Gasteiger partial charge on any atom is 0.352 e. The molecule has 0 saturated carbocycles. The van der Waals surface area contributed by atoms with E-state index in [1.807, 2.05) is 50.4 Å². The minimum atomic E-state index is -0.971. The Bertz CT molecular complexity index is 714. The van der Waals surface area contributed by atoms with E-state index in [0.29, 0.717) is 0 Å². The third-order valence-electron chi connectivity index (χ3n) is 2.83. The molecule has 2 heterocycles. The Morgan fingerprint density at radius 3 is 2.48 bits per heavy atom. The van der Waals surface area contributed by atoms with Gasteiger partial charge in [-0.1, -0.05) is 32.0 Å². The summed E-state index contributed by atoms with van der Waals surface area (Å²) in [5, 5.41) is 13.1. The van der Waals surface area contributed by atoms with Crippen molar-refractivity contribution in [2.24, 2.45) is 0 Å². The average Bonchev–Trinajstić information content (AvgIpc) is 3.19. The average molecular weight is 283 g/mol. The summed E-state index contributed by atoms with van der Waals surface area (Å²) < 4.78 is 1.75. The van der Waals surface area contributed by atoms with E-state index < -0.39 is 5.97 Å². The molecule has 0 radical (unpaired) electrons. The Balaban J connectivity index is 0.000000774. The molecule has 0 amide bonds. The quantitative estimate of drug-likeness (QED) is 0.771. The Kier molecular flexibility index (Phi) is 4.56. The van der Waals surface area contributed by atoms with Crippen LogP contribution in [0.3, 0.4) is 0 Å². The van der Waals surface area contributed by atoms with E-state index >= 15 is 0 Å². The summed E-state index contributed by atoms with van der Waals surface area (Å²) in [5.74, 6) is -0.971. The number of hydrogen-bond acceptors (Lipinski definition) is 2. The van der Waals surface area contributed by atoms with Gasteiger partial charge in [0.15, 0.2) is 0 Å². The number of nitrogens with one attached hydrogen (secondary N) is 1. The van der Waals surface area contributed by atoms with Crippen molar-refractivity contribution in [2.75, 3.05) is 0 Å². The van der Waals surface area contributed by atoms with Gasteiger partial charge in [0.2, 0.25) is 0 Å². The van der Waals surface area contributed by atoms with Crippen molar-refractivity contribution < 1.29 is 9.90 Å². The highest BCUT2D eigenvalue weighted by Gasteiger charge is 2.09. The summed E-state index contributed by atoms with van der Waals surface area (Å²) in [6.45, 7) is 4.00. The van der Waals surface area contributed by atoms with Crippen LogP contribution in [0, 0.1) is 0 Å². The lowest BCUT2D eigenvalue weighted by molar-refractivity contribution is 0.0691. The van der Waals surface area contributed by atoms with Crippen LogP contribution in [0.5, 0.6) is 0 Å². The maximum atomic E-state index is 10.8. The molecule has 2 aromatic heterocycles. The van der Waals surface area contributed by atoms with Crippen LogP contribution in [-0.4, -0.2) is 25.8 Å². The van der Waals surface area contributed by atoms with E-state index in [-0.39, 0.29) is 5.69 Å². The summed E-state index contributed by atoms with van der Waals surface area (Å²) in [6.07, 6.45) is 3.55. The Labute approximate surface area is 122 Å². The number of rotatable bonds is 3. The SMILES string of the molecule is CC.O=C(O)c1ccc(-c2cnn(-c3ccccc3)c2)[nH]1. The molecule has 0 aliphatic rings. The zero-order valence-electron chi connectivity index (χ0n) is 11.9. The number of nitrogens with zero attached hydrogens (tertiary/aromatic N) is 2. The van der Waals surface area contributed by atoms with Crippen LogP contribution in [0.25, 0.3) is 16.9 Å². The van der Waals surface area contributed by atoms with Crippen molar-refractivity contribution in [1.82, 2.24) is 14.8 Å². The molecule has 5 heteroatoms. The molecule has 0 fully saturated rings. The zero-order valence-corrected chi connectivity index (χ0v) is 11.9. The monoisotopic (exact) mass is 283 g/mol. The smallest absolute Gasteiger partial charge is 0.352 e. The van der Waals surface area contributed by atoms with Crippen LogP contribution in [-0.2, 0) is 0 Å². The van der Waals surface area contributed by atoms with Gasteiger partial charge >= 0.3 is 5.97 Å². The van der Waals surface area contributed by atoms with Crippen LogP contribution in [0.2, 0.25) is 0 Å². The Morgan fingerprint density at radius 1 is 1.14 bits per heavy atom. The fourth-order valence-corrected chi connectivity index (χ4v) is 1.87. The van der Waals surface area contributed by atoms with Gasteiger partial charge < -0.3 is 10.1 Å². The number of carboxylic acid groups (broad SMARTS) is 1. The molecule has 0 aliphatic carbocycles. The van der Waals surface area contributed by atoms with Crippen molar-refractivity contribution in [3.63, 3.8) is 0 Å². The standard InChI is InChI=1S/C14H11N3O2.C2H6/c18-14(19)13-7-6-12(16-13)10-8-15-17(9-10)11-4-2-1-3-5-11;1-2/h1-9,16H,(H,18,19);1-2H3. The predicted molar refractivity (Wildman–Crippen MR) is 81.7 cm³/mol. The van der Waals surface area contributed by atoms with Crippen molar-refractivity contribution >= 4 is 5.97 Å². The second kappa shape index (κ2) is 6.56. The maximum absolute atomic E-state index is 10.8. The van der Waals surface area contributed by atoms with Gasteiger partial charge in [-0.25, -0.2) is 9.48 Å². The molecule has 0 saturated heterocycles. The number of hydrogen-bond donors (Lipinski definition) is 2. The molecule has 0 spiro atoms. The molecule has 1 aromatic carbocycles. The van der Waals surface area contributed by atoms with E-state index in [9.17, 15) is 4.79 Å². The van der Waals surface area contributed by atoms with E-state index in [0.717, 1.165) is 16.9 Å². The Hall–Kier alpha value is -2.82. The summed E-state index contributed by atoms with van der Waals surface area (Å²) in [7, 11) is 0. The fourth-order valence-electron chi connectivity index (χ4n) is 1.87. The highest BCUT2D eigenvalue weighted by atomic mass is 16.4. The molecule has 5 nitrogen and oxygen atoms in total. The number of carboxylic acids is 1. The third-order valence-corrected chi connectivity index (χ3v) is 2.83. The number of benzene rings is 1. The van der Waals surface area contributed by atoms with Crippen LogP contribution in [0.4, 0.5) is 0 Å². The summed E-state index contributed by atoms with van der Waals surface area (Å²) >= 11 is 0. The lowest BCUT2D eigenvalue weighted by atomic mass is 10.2. The van der Waals surface area contributed by atoms with Gasteiger partial charge in [0.1, 0.15) is 5.69 Å². The van der Waals surface area contributed by atoms with Crippen LogP contribution >= 0.6 is 0 Å². The summed E-state index contributed by atoms with van der Waals surface area (Å²) in [4.78, 5) is 13.7. The van der Waals surface area contributed by atoms with Crippen LogP contribution in [0.15, 0.2) is 54.9 Å². The highest BCUT2D eigenvalue weighted by molar-refractivity contribution is 5.86. The van der Waals surface area contributed by atoms with Gasteiger partial charge in [-0.3, -0.25) is 0 Å². The first kappa shape index (κ1) is 14.6. The van der Waals surface area contributed by atoms with Crippen molar-refractivity contribution in [3.05, 3.63) is 60.6 Å². The second-order valence-electron chi connectivity index (χ2n) is 4.10. The lowest BCUT2D eigenvalue weighted by Crippen LogP contribution is -1.95. The number of para-hydroxylation sites is 1. The first-order valence-corrected chi connectivity index (χ1v) is 6.77. The molecule has 0 aliphatic heterocycles. The number of aromatic amines is 1. The molecular formula is C16H17N3O2. The molecule has 0 unspecified atom stereocenters. The molecule has 21 heavy (non-hydrogen) atoms. The van der Waals surface area contributed by atoms with Gasteiger partial charge in [-0.15, -0.1) is 0 Å². The van der Waals surface area contributed by atoms with E-state index in [4.69, 9.17) is 5.11 Å². The minimum Gasteiger partial charge on any atom is -0.477 e. The topological polar surface area (TPSA) is 70.9 Å². The molecule has 108 valence electrons. The molecule has 0 atom stereocenters. The highest BCUT2D eigenvalue weighted by Crippen LogP contribution is 2.19. The normalized spacial score (nSPS) is 9.81. The van der Waals surface area contributed by atoms with Crippen molar-refractivity contribution in [3.8, 4) is 16.9 Å². The number of carbonyl (C=O) groups is 1. The second-order valence-corrected chi connectivity index (χ2v) is 4.10. The van der Waals surface area contributed by atoms with Gasteiger partial charge in [0.25, 0.3) is 0 Å². The third kappa shape index (κ3) is 3.20. The minimum absolute atomic E-state index is 0.169. The molecular weight excluding hydrogens is 266 g/mol. The van der Waals surface area contributed by atoms with Gasteiger partial charge in [0, 0.05) is 17.5 Å². The van der Waals surface area contributed by atoms with Gasteiger partial charge in [-0.05, 0) is 24.3 Å². The molecule has 0 bridgehead atoms. The fraction of sp³-hybridized carbons (Fsp3) is 0.125. The van der Waals surface area contributed by atoms with Gasteiger partial charge in [0.05, 0.1) is 11.9 Å². The van der Waals surface area contributed by atoms with E-state index in [1.54, 1.807) is 16.9 Å². The van der Waals surface area contributed by atoms with Crippen LogP contribution in [0.1, 0.15) is 24.3 Å². The molecule has 2 N–H and O–H groups in total. The largest absolute Gasteiger partial charge is 0.477 e. The molecule has 3 aromatic rings. The zero-order chi connectivity index (χ0) is 15.2. The Morgan fingerprint density at radius 2 is 1.86 bits per heavy atom. The number of aromatic nitrogens is 3. The van der Waals surface area contributed by atoms with Crippen molar-refractivity contribution in [2.45, 2.75) is 13.8 Å².